The Kier molecular flexibility index (Phi) is 3.88. The smallest absolute Gasteiger partial charge is 0.119 e. The second-order valence-electron chi connectivity index (χ2n) is 2.33. The summed E-state index contributed by atoms with van der Waals surface area (Å²) in [5.74, 6) is 0.899. The normalized spacial score (nSPS) is 10.5. The molecule has 0 saturated carbocycles. The second kappa shape index (κ2) is 4.99. The summed E-state index contributed by atoms with van der Waals surface area (Å²) in [6.07, 6.45) is 3.95. The third kappa shape index (κ3) is 3.09. The monoisotopic (exact) mass is 226 g/mol. The van der Waals surface area contributed by atoms with E-state index in [1.807, 2.05) is 43.3 Å². The average molecular weight is 227 g/mol. The highest BCUT2D eigenvalue weighted by molar-refractivity contribution is 9.10. The summed E-state index contributed by atoms with van der Waals surface area (Å²) in [5, 5.41) is 0. The van der Waals surface area contributed by atoms with Crippen LogP contribution in [0.5, 0.6) is 5.75 Å². The topological polar surface area (TPSA) is 9.23 Å². The summed E-state index contributed by atoms with van der Waals surface area (Å²) < 4.78 is 6.46. The minimum atomic E-state index is 0.637. The Bertz CT molecular complexity index is 251. The summed E-state index contributed by atoms with van der Waals surface area (Å²) in [6, 6.07) is 7.80. The molecule has 0 aliphatic heterocycles. The first-order valence-electron chi connectivity index (χ1n) is 3.82. The summed E-state index contributed by atoms with van der Waals surface area (Å²) >= 11 is 3.36. The summed E-state index contributed by atoms with van der Waals surface area (Å²) in [6.45, 7) is 2.61. The predicted molar refractivity (Wildman–Crippen MR) is 54.5 cm³/mol. The number of benzene rings is 1. The second-order valence-corrected chi connectivity index (χ2v) is 3.25. The van der Waals surface area contributed by atoms with Crippen LogP contribution in [0.2, 0.25) is 0 Å². The van der Waals surface area contributed by atoms with Gasteiger partial charge in [-0.3, -0.25) is 0 Å². The first-order chi connectivity index (χ1) is 5.83. The van der Waals surface area contributed by atoms with Gasteiger partial charge >= 0.3 is 0 Å². The van der Waals surface area contributed by atoms with Crippen LogP contribution in [-0.4, -0.2) is 6.61 Å². The van der Waals surface area contributed by atoms with Gasteiger partial charge in [0, 0.05) is 4.47 Å². The van der Waals surface area contributed by atoms with Crippen molar-refractivity contribution in [2.24, 2.45) is 0 Å². The predicted octanol–water partition coefficient (Wildman–Crippen LogP) is 3.40. The van der Waals surface area contributed by atoms with Gasteiger partial charge in [-0.2, -0.15) is 0 Å². The van der Waals surface area contributed by atoms with E-state index in [-0.39, 0.29) is 0 Å². The lowest BCUT2D eigenvalue weighted by Gasteiger charge is -2.01. The van der Waals surface area contributed by atoms with Gasteiger partial charge in [-0.1, -0.05) is 28.1 Å². The van der Waals surface area contributed by atoms with E-state index in [1.165, 1.54) is 0 Å². The first kappa shape index (κ1) is 9.33. The molecule has 0 aliphatic carbocycles. The lowest BCUT2D eigenvalue weighted by Crippen LogP contribution is -1.92. The van der Waals surface area contributed by atoms with Gasteiger partial charge in [0.15, 0.2) is 0 Å². The van der Waals surface area contributed by atoms with Gasteiger partial charge < -0.3 is 4.74 Å². The van der Waals surface area contributed by atoms with Crippen LogP contribution >= 0.6 is 15.9 Å². The lowest BCUT2D eigenvalue weighted by atomic mass is 10.3. The Morgan fingerprint density at radius 1 is 1.33 bits per heavy atom. The van der Waals surface area contributed by atoms with E-state index in [1.54, 1.807) is 0 Å². The standard InChI is InChI=1S/C10H11BrO/c1-2-3-8-12-10-6-4-9(11)5-7-10/h2-7H,8H2,1H3/b3-2+. The molecule has 0 N–H and O–H groups in total. The van der Waals surface area contributed by atoms with Gasteiger partial charge in [-0.25, -0.2) is 0 Å². The molecule has 1 aromatic carbocycles. The van der Waals surface area contributed by atoms with Gasteiger partial charge in [-0.05, 0) is 31.2 Å². The molecule has 0 bridgehead atoms. The highest BCUT2D eigenvalue weighted by Gasteiger charge is 1.89. The Labute approximate surface area is 81.2 Å². The van der Waals surface area contributed by atoms with E-state index in [0.29, 0.717) is 6.61 Å². The van der Waals surface area contributed by atoms with Gasteiger partial charge in [0.2, 0.25) is 0 Å². The van der Waals surface area contributed by atoms with Crippen LogP contribution in [0.3, 0.4) is 0 Å². The van der Waals surface area contributed by atoms with Gasteiger partial charge in [-0.15, -0.1) is 0 Å². The largest absolute Gasteiger partial charge is 0.490 e. The summed E-state index contributed by atoms with van der Waals surface area (Å²) in [5.41, 5.74) is 0. The summed E-state index contributed by atoms with van der Waals surface area (Å²) in [7, 11) is 0. The van der Waals surface area contributed by atoms with Crippen molar-refractivity contribution in [2.75, 3.05) is 6.61 Å². The molecule has 0 heterocycles. The molecule has 64 valence electrons. The Hall–Kier alpha value is -0.760. The summed E-state index contributed by atoms with van der Waals surface area (Å²) in [4.78, 5) is 0. The lowest BCUT2D eigenvalue weighted by molar-refractivity contribution is 0.362. The van der Waals surface area contributed by atoms with E-state index < -0.39 is 0 Å². The van der Waals surface area contributed by atoms with Crippen LogP contribution < -0.4 is 4.74 Å². The minimum absolute atomic E-state index is 0.637. The molecule has 0 fully saturated rings. The van der Waals surface area contributed by atoms with Crippen LogP contribution in [0.1, 0.15) is 6.92 Å². The number of hydrogen-bond acceptors (Lipinski definition) is 1. The number of hydrogen-bond donors (Lipinski definition) is 0. The van der Waals surface area contributed by atoms with Crippen molar-refractivity contribution in [1.29, 1.82) is 0 Å². The molecule has 0 spiro atoms. The van der Waals surface area contributed by atoms with Crippen LogP contribution in [0, 0.1) is 0 Å². The van der Waals surface area contributed by atoms with Crippen LogP contribution in [0.4, 0.5) is 0 Å². The third-order valence-corrected chi connectivity index (χ3v) is 1.92. The molecule has 0 amide bonds. The molecule has 2 heteroatoms. The Morgan fingerprint density at radius 3 is 2.58 bits per heavy atom. The number of rotatable bonds is 3. The zero-order chi connectivity index (χ0) is 8.81. The van der Waals surface area contributed by atoms with Crippen molar-refractivity contribution in [3.63, 3.8) is 0 Å². The van der Waals surface area contributed by atoms with Crippen molar-refractivity contribution in [1.82, 2.24) is 0 Å². The van der Waals surface area contributed by atoms with Crippen molar-refractivity contribution in [3.8, 4) is 5.75 Å². The highest BCUT2D eigenvalue weighted by atomic mass is 79.9. The molecule has 1 aromatic rings. The molecule has 12 heavy (non-hydrogen) atoms. The van der Waals surface area contributed by atoms with E-state index in [4.69, 9.17) is 4.74 Å². The molecule has 0 atom stereocenters. The molecule has 0 aromatic heterocycles. The van der Waals surface area contributed by atoms with E-state index in [9.17, 15) is 0 Å². The number of ether oxygens (including phenoxy) is 1. The Morgan fingerprint density at radius 2 is 2.00 bits per heavy atom. The van der Waals surface area contributed by atoms with Crippen molar-refractivity contribution in [3.05, 3.63) is 40.9 Å². The molecule has 0 unspecified atom stereocenters. The van der Waals surface area contributed by atoms with Gasteiger partial charge in [0.05, 0.1) is 0 Å². The van der Waals surface area contributed by atoms with Crippen molar-refractivity contribution < 1.29 is 4.74 Å². The molecule has 1 rings (SSSR count). The fourth-order valence-electron chi connectivity index (χ4n) is 0.771. The van der Waals surface area contributed by atoms with E-state index >= 15 is 0 Å². The molecule has 0 radical (unpaired) electrons. The number of allylic oxidation sites excluding steroid dienone is 1. The quantitative estimate of drug-likeness (QED) is 0.719. The SMILES string of the molecule is C/C=C/COc1ccc(Br)cc1. The highest BCUT2D eigenvalue weighted by Crippen LogP contribution is 2.15. The zero-order valence-electron chi connectivity index (χ0n) is 6.96. The van der Waals surface area contributed by atoms with Crippen molar-refractivity contribution >= 4 is 15.9 Å². The van der Waals surface area contributed by atoms with Gasteiger partial charge in [0.25, 0.3) is 0 Å². The van der Waals surface area contributed by atoms with E-state index in [2.05, 4.69) is 15.9 Å². The molecule has 0 saturated heterocycles. The maximum Gasteiger partial charge on any atom is 0.119 e. The van der Waals surface area contributed by atoms with E-state index in [0.717, 1.165) is 10.2 Å². The Balaban J connectivity index is 2.47. The number of halogens is 1. The first-order valence-corrected chi connectivity index (χ1v) is 4.62. The van der Waals surface area contributed by atoms with Crippen LogP contribution in [0.25, 0.3) is 0 Å². The minimum Gasteiger partial charge on any atom is -0.490 e. The third-order valence-electron chi connectivity index (χ3n) is 1.40. The molecular formula is C10H11BrO. The average Bonchev–Trinajstić information content (AvgIpc) is 2.09. The van der Waals surface area contributed by atoms with Gasteiger partial charge in [0.1, 0.15) is 12.4 Å². The molecule has 1 nitrogen and oxygen atoms in total. The zero-order valence-corrected chi connectivity index (χ0v) is 8.54. The molecule has 0 aliphatic rings. The fraction of sp³-hybridized carbons (Fsp3) is 0.200. The van der Waals surface area contributed by atoms with Crippen molar-refractivity contribution in [2.45, 2.75) is 6.92 Å². The maximum absolute atomic E-state index is 5.39. The van der Waals surface area contributed by atoms with Crippen LogP contribution in [0.15, 0.2) is 40.9 Å². The molecular weight excluding hydrogens is 216 g/mol. The maximum atomic E-state index is 5.39. The van der Waals surface area contributed by atoms with Crippen LogP contribution in [-0.2, 0) is 0 Å². The fourth-order valence-corrected chi connectivity index (χ4v) is 1.04.